The summed E-state index contributed by atoms with van der Waals surface area (Å²) in [5.41, 5.74) is 3.27. The first-order valence-electron chi connectivity index (χ1n) is 15.0. The van der Waals surface area contributed by atoms with Gasteiger partial charge in [-0.05, 0) is 0 Å². The monoisotopic (exact) mass is 640 g/mol. The molecule has 2 aromatic carbocycles. The second-order valence-corrected chi connectivity index (χ2v) is 11.9. The van der Waals surface area contributed by atoms with Crippen LogP contribution in [0.5, 0.6) is 0 Å². The van der Waals surface area contributed by atoms with Crippen LogP contribution in [0.2, 0.25) is 23.3 Å². The van der Waals surface area contributed by atoms with Gasteiger partial charge in [-0.25, -0.2) is 0 Å². The van der Waals surface area contributed by atoms with Crippen molar-refractivity contribution in [1.29, 1.82) is 0 Å². The quantitative estimate of drug-likeness (QED) is 0.226. The van der Waals surface area contributed by atoms with Gasteiger partial charge in [-0.3, -0.25) is 0 Å². The van der Waals surface area contributed by atoms with Crippen LogP contribution in [0.15, 0.2) is 60.7 Å². The molecule has 4 saturated carbocycles. The molecule has 4 heteroatoms. The summed E-state index contributed by atoms with van der Waals surface area (Å²) in [6, 6.07) is 23.0. The van der Waals surface area contributed by atoms with Crippen LogP contribution >= 0.6 is 0 Å². The molecule has 2 aromatic rings. The zero-order chi connectivity index (χ0) is 23.0. The van der Waals surface area contributed by atoms with Gasteiger partial charge in [-0.2, -0.15) is 0 Å². The number of rotatable bonds is 2. The van der Waals surface area contributed by atoms with Crippen molar-refractivity contribution in [3.05, 3.63) is 90.4 Å². The van der Waals surface area contributed by atoms with Crippen LogP contribution in [0.25, 0.3) is 0 Å². The second kappa shape index (κ2) is 24.0. The summed E-state index contributed by atoms with van der Waals surface area (Å²) in [6.45, 7) is 1.65. The van der Waals surface area contributed by atoms with E-state index in [2.05, 4.69) is 60.7 Å². The van der Waals surface area contributed by atoms with E-state index in [9.17, 15) is 0 Å². The van der Waals surface area contributed by atoms with Crippen molar-refractivity contribution in [3.63, 3.8) is 0 Å². The molecular formula is C37H62B2Fe2. The first-order valence-corrected chi connectivity index (χ1v) is 15.0. The van der Waals surface area contributed by atoms with E-state index in [1.165, 1.54) is 103 Å². The molecule has 5 fully saturated rings. The summed E-state index contributed by atoms with van der Waals surface area (Å²) in [5, 5.41) is 0. The molecule has 5 aliphatic rings. The van der Waals surface area contributed by atoms with Crippen molar-refractivity contribution in [1.82, 2.24) is 0 Å². The third kappa shape index (κ3) is 11.6. The fourth-order valence-corrected chi connectivity index (χ4v) is 8.56. The Kier molecular flexibility index (Phi) is 26.4. The van der Waals surface area contributed by atoms with Crippen molar-refractivity contribution < 1.29 is 34.1 Å². The van der Waals surface area contributed by atoms with Crippen LogP contribution in [0.4, 0.5) is 0 Å². The molecule has 4 atom stereocenters. The SMILES string of the molecule is C.C1CCCC1.C1CCCC1.[CH3-].[CH3-].[CH3-].[CH3-].[Fe+2].[Fe+2].c1ccc(B2C3CCCC3B(c3ccccc3)C3CCCC23)cc1. The normalized spacial score (nSPS) is 24.5. The molecule has 0 nitrogen and oxygen atoms in total. The number of fused-ring (bicyclic) bond motifs is 2. The molecule has 4 unspecified atom stereocenters. The number of benzene rings is 2. The first kappa shape index (κ1) is 45.0. The number of hydrogen-bond acceptors (Lipinski definition) is 0. The first-order chi connectivity index (χ1) is 16.9. The molecule has 0 radical (unpaired) electrons. The number of hydrogen-bond donors (Lipinski definition) is 0. The van der Waals surface area contributed by atoms with Gasteiger partial charge in [0.25, 0.3) is 0 Å². The van der Waals surface area contributed by atoms with Gasteiger partial charge in [0, 0.05) is 0 Å². The summed E-state index contributed by atoms with van der Waals surface area (Å²) in [4.78, 5) is 0. The third-order valence-corrected chi connectivity index (χ3v) is 9.96. The molecule has 4 aliphatic carbocycles. The topological polar surface area (TPSA) is 0 Å². The van der Waals surface area contributed by atoms with Crippen LogP contribution in [-0.2, 0) is 34.1 Å². The smallest absolute Gasteiger partial charge is 0.358 e. The molecule has 41 heavy (non-hydrogen) atoms. The van der Waals surface area contributed by atoms with Gasteiger partial charge in [0.15, 0.2) is 13.4 Å². The fourth-order valence-electron chi connectivity index (χ4n) is 8.56. The van der Waals surface area contributed by atoms with E-state index in [1.54, 1.807) is 10.9 Å². The van der Waals surface area contributed by atoms with Gasteiger partial charge >= 0.3 is 34.1 Å². The Labute approximate surface area is 280 Å². The second-order valence-electron chi connectivity index (χ2n) is 11.9. The van der Waals surface area contributed by atoms with Crippen LogP contribution in [0, 0.1) is 29.7 Å². The van der Waals surface area contributed by atoms with E-state index in [0.29, 0.717) is 0 Å². The minimum atomic E-state index is 0. The molecule has 0 spiro atoms. The van der Waals surface area contributed by atoms with Crippen LogP contribution < -0.4 is 10.9 Å². The molecular weight excluding hydrogens is 578 g/mol. The maximum absolute atomic E-state index is 2.41. The largest absolute Gasteiger partial charge is 2.00 e. The van der Waals surface area contributed by atoms with Gasteiger partial charge in [0.1, 0.15) is 0 Å². The summed E-state index contributed by atoms with van der Waals surface area (Å²) in [7, 11) is 0. The van der Waals surface area contributed by atoms with Gasteiger partial charge in [-0.15, -0.1) is 0 Å². The summed E-state index contributed by atoms with van der Waals surface area (Å²) >= 11 is 0. The average molecular weight is 640 g/mol. The van der Waals surface area contributed by atoms with E-state index in [4.69, 9.17) is 0 Å². The van der Waals surface area contributed by atoms with Gasteiger partial charge in [-0.1, -0.05) is 205 Å². The van der Waals surface area contributed by atoms with E-state index in [0.717, 1.165) is 36.7 Å². The fraction of sp³-hybridized carbons (Fsp3) is 0.568. The zero-order valence-electron chi connectivity index (χ0n) is 26.3. The van der Waals surface area contributed by atoms with E-state index in [1.807, 2.05) is 0 Å². The maximum atomic E-state index is 2.41. The molecule has 1 heterocycles. The summed E-state index contributed by atoms with van der Waals surface area (Å²) in [6.07, 6.45) is 23.7. The predicted octanol–water partition coefficient (Wildman–Crippen LogP) is 11.0. The minimum absolute atomic E-state index is 0. The zero-order valence-corrected chi connectivity index (χ0v) is 28.5. The molecule has 7 rings (SSSR count). The van der Waals surface area contributed by atoms with Gasteiger partial charge in [0.05, 0.1) is 0 Å². The molecule has 0 N–H and O–H groups in total. The summed E-state index contributed by atoms with van der Waals surface area (Å²) < 4.78 is 0. The van der Waals surface area contributed by atoms with Crippen LogP contribution in [0.3, 0.4) is 0 Å². The Morgan fingerprint density at radius 3 is 0.805 bits per heavy atom. The van der Waals surface area contributed by atoms with Crippen LogP contribution in [-0.4, -0.2) is 13.4 Å². The molecule has 232 valence electrons. The van der Waals surface area contributed by atoms with Crippen molar-refractivity contribution >= 4 is 24.4 Å². The Morgan fingerprint density at radius 2 is 0.585 bits per heavy atom. The Bertz CT molecular complexity index is 732. The van der Waals surface area contributed by atoms with Gasteiger partial charge < -0.3 is 29.7 Å². The van der Waals surface area contributed by atoms with Crippen molar-refractivity contribution in [2.24, 2.45) is 0 Å². The minimum Gasteiger partial charge on any atom is -0.358 e. The molecule has 0 bridgehead atoms. The average Bonchev–Trinajstić information content (AvgIpc) is 3.73. The van der Waals surface area contributed by atoms with Gasteiger partial charge in [0.2, 0.25) is 0 Å². The summed E-state index contributed by atoms with van der Waals surface area (Å²) in [5.74, 6) is 3.66. The van der Waals surface area contributed by atoms with Crippen LogP contribution in [0.1, 0.15) is 110 Å². The standard InChI is InChI=1S/C22H26B2.2C5H10.CH4.4CH3.2Fe/c1-3-9-17(10-4-1)23-19-13-7-15-21(19)24(18-11-5-2-6-12-18)22-16-8-14-20(22)23;2*1-2-4-5-3-1;;;;;;;/h1-6,9-12,19-22H,7-8,13-16H2;2*1-5H2;1H4;4*1H3;;/q;;;;4*-1;2*+2. The van der Waals surface area contributed by atoms with Crippen molar-refractivity contribution in [2.45, 2.75) is 133 Å². The van der Waals surface area contributed by atoms with E-state index < -0.39 is 0 Å². The molecule has 1 saturated heterocycles. The molecule has 1 aliphatic heterocycles. The Morgan fingerprint density at radius 1 is 0.366 bits per heavy atom. The molecule has 0 amide bonds. The van der Waals surface area contributed by atoms with E-state index >= 15 is 0 Å². The predicted molar refractivity (Wildman–Crippen MR) is 185 cm³/mol. The third-order valence-electron chi connectivity index (χ3n) is 9.96. The molecule has 0 aromatic heterocycles. The van der Waals surface area contributed by atoms with E-state index in [-0.39, 0.29) is 71.3 Å². The maximum Gasteiger partial charge on any atom is 2.00 e. The van der Waals surface area contributed by atoms with Crippen molar-refractivity contribution in [2.75, 3.05) is 0 Å². The van der Waals surface area contributed by atoms with Crippen molar-refractivity contribution in [3.8, 4) is 0 Å². The Hall–Kier alpha value is -0.391. The Balaban J connectivity index is -0.000000731.